The lowest BCUT2D eigenvalue weighted by Gasteiger charge is -2.10. The van der Waals surface area contributed by atoms with Crippen molar-refractivity contribution >= 4 is 52.0 Å². The molecule has 6 nitrogen and oxygen atoms in total. The first-order valence-electron chi connectivity index (χ1n) is 10.4. The molecule has 2 heterocycles. The van der Waals surface area contributed by atoms with Crippen LogP contribution >= 0.6 is 35.4 Å². The van der Waals surface area contributed by atoms with Crippen LogP contribution in [0.5, 0.6) is 0 Å². The number of rotatable bonds is 6. The van der Waals surface area contributed by atoms with Gasteiger partial charge < -0.3 is 10.6 Å². The van der Waals surface area contributed by atoms with Crippen molar-refractivity contribution in [1.82, 2.24) is 19.6 Å². The van der Waals surface area contributed by atoms with E-state index >= 15 is 0 Å². The van der Waals surface area contributed by atoms with E-state index < -0.39 is 0 Å². The smallest absolute Gasteiger partial charge is 0.176 e. The SMILES string of the molecule is Cc1ccc(Cn2nc(C)c(NC(=S)Nc3ccn(Cc4c(Cl)cccc4Cl)n3)c2C)cc1. The molecule has 0 aliphatic carbocycles. The van der Waals surface area contributed by atoms with Gasteiger partial charge in [-0.3, -0.25) is 9.36 Å². The standard InChI is InChI=1S/C24H24Cl2N6S/c1-15-7-9-18(10-8-15)13-32-17(3)23(16(2)29-32)28-24(33)27-22-11-12-31(30-22)14-19-20(25)5-4-6-21(19)26/h4-12H,13-14H2,1-3H3,(H2,27,28,30,33). The average molecular weight is 499 g/mol. The van der Waals surface area contributed by atoms with E-state index in [0.29, 0.717) is 34.1 Å². The van der Waals surface area contributed by atoms with E-state index in [1.807, 2.05) is 49.0 Å². The van der Waals surface area contributed by atoms with Gasteiger partial charge in [-0.25, -0.2) is 0 Å². The number of anilines is 2. The molecule has 0 amide bonds. The van der Waals surface area contributed by atoms with Crippen LogP contribution in [0.1, 0.15) is 28.1 Å². The summed E-state index contributed by atoms with van der Waals surface area (Å²) in [6.45, 7) is 7.24. The monoisotopic (exact) mass is 498 g/mol. The summed E-state index contributed by atoms with van der Waals surface area (Å²) >= 11 is 18.1. The molecule has 4 rings (SSSR count). The van der Waals surface area contributed by atoms with Crippen molar-refractivity contribution in [3.8, 4) is 0 Å². The molecule has 2 aromatic carbocycles. The lowest BCUT2D eigenvalue weighted by Crippen LogP contribution is -2.20. The summed E-state index contributed by atoms with van der Waals surface area (Å²) in [6, 6.07) is 15.8. The largest absolute Gasteiger partial charge is 0.329 e. The van der Waals surface area contributed by atoms with Gasteiger partial charge in [0.25, 0.3) is 0 Å². The molecule has 0 radical (unpaired) electrons. The molecule has 0 unspecified atom stereocenters. The number of nitrogens with zero attached hydrogens (tertiary/aromatic N) is 4. The van der Waals surface area contributed by atoms with Gasteiger partial charge >= 0.3 is 0 Å². The third-order valence-corrected chi connectivity index (χ3v) is 6.25. The molecular weight excluding hydrogens is 475 g/mol. The van der Waals surface area contributed by atoms with Gasteiger partial charge in [-0.2, -0.15) is 10.2 Å². The zero-order chi connectivity index (χ0) is 23.5. The summed E-state index contributed by atoms with van der Waals surface area (Å²) in [5.74, 6) is 0.623. The average Bonchev–Trinajstić information content (AvgIpc) is 3.31. The van der Waals surface area contributed by atoms with Crippen LogP contribution in [-0.2, 0) is 13.1 Å². The van der Waals surface area contributed by atoms with Crippen molar-refractivity contribution in [1.29, 1.82) is 0 Å². The number of hydrogen-bond acceptors (Lipinski definition) is 3. The minimum absolute atomic E-state index is 0.442. The molecule has 170 valence electrons. The highest BCUT2D eigenvalue weighted by molar-refractivity contribution is 7.80. The Hall–Kier alpha value is -2.87. The first kappa shape index (κ1) is 23.3. The maximum Gasteiger partial charge on any atom is 0.176 e. The second-order valence-corrected chi connectivity index (χ2v) is 9.09. The Labute approximate surface area is 208 Å². The molecule has 0 spiro atoms. The van der Waals surface area contributed by atoms with E-state index in [1.54, 1.807) is 4.68 Å². The summed E-state index contributed by atoms with van der Waals surface area (Å²) in [6.07, 6.45) is 1.85. The highest BCUT2D eigenvalue weighted by Crippen LogP contribution is 2.25. The molecule has 0 fully saturated rings. The first-order valence-corrected chi connectivity index (χ1v) is 11.6. The summed E-state index contributed by atoms with van der Waals surface area (Å²) in [4.78, 5) is 0. The van der Waals surface area contributed by atoms with Gasteiger partial charge in [-0.15, -0.1) is 0 Å². The topological polar surface area (TPSA) is 59.7 Å². The van der Waals surface area contributed by atoms with Gasteiger partial charge in [-0.05, 0) is 50.7 Å². The molecule has 0 atom stereocenters. The van der Waals surface area contributed by atoms with Crippen molar-refractivity contribution in [2.45, 2.75) is 33.9 Å². The third kappa shape index (κ3) is 5.55. The van der Waals surface area contributed by atoms with Crippen LogP contribution in [0, 0.1) is 20.8 Å². The van der Waals surface area contributed by atoms with Gasteiger partial charge in [0.1, 0.15) is 0 Å². The van der Waals surface area contributed by atoms with Crippen LogP contribution in [0.15, 0.2) is 54.7 Å². The van der Waals surface area contributed by atoms with E-state index in [0.717, 1.165) is 22.6 Å². The number of aryl methyl sites for hydroxylation is 2. The van der Waals surface area contributed by atoms with E-state index in [-0.39, 0.29) is 0 Å². The van der Waals surface area contributed by atoms with Crippen molar-refractivity contribution < 1.29 is 0 Å². The Bertz CT molecular complexity index is 1270. The lowest BCUT2D eigenvalue weighted by molar-refractivity contribution is 0.659. The zero-order valence-corrected chi connectivity index (χ0v) is 20.9. The number of benzene rings is 2. The van der Waals surface area contributed by atoms with Gasteiger partial charge in [0, 0.05) is 27.9 Å². The minimum Gasteiger partial charge on any atom is -0.329 e. The molecule has 0 aliphatic rings. The van der Waals surface area contributed by atoms with Gasteiger partial charge in [-0.1, -0.05) is 59.1 Å². The number of aromatic nitrogens is 4. The second-order valence-electron chi connectivity index (χ2n) is 7.87. The van der Waals surface area contributed by atoms with Crippen LogP contribution in [0.4, 0.5) is 11.5 Å². The molecule has 4 aromatic rings. The third-order valence-electron chi connectivity index (χ3n) is 5.34. The minimum atomic E-state index is 0.442. The molecule has 33 heavy (non-hydrogen) atoms. The molecule has 0 saturated carbocycles. The van der Waals surface area contributed by atoms with Gasteiger partial charge in [0.05, 0.1) is 30.2 Å². The maximum atomic E-state index is 6.27. The Morgan fingerprint density at radius 1 is 0.909 bits per heavy atom. The van der Waals surface area contributed by atoms with E-state index in [9.17, 15) is 0 Å². The Morgan fingerprint density at radius 2 is 1.61 bits per heavy atom. The van der Waals surface area contributed by atoms with Crippen molar-refractivity contribution in [3.63, 3.8) is 0 Å². The Kier molecular flexibility index (Phi) is 7.02. The first-order chi connectivity index (χ1) is 15.8. The van der Waals surface area contributed by atoms with Crippen molar-refractivity contribution in [3.05, 3.63) is 92.9 Å². The van der Waals surface area contributed by atoms with E-state index in [1.165, 1.54) is 11.1 Å². The predicted octanol–water partition coefficient (Wildman–Crippen LogP) is 6.22. The fourth-order valence-corrected chi connectivity index (χ4v) is 4.24. The second kappa shape index (κ2) is 9.95. The quantitative estimate of drug-likeness (QED) is 0.309. The molecule has 0 saturated heterocycles. The molecule has 2 aromatic heterocycles. The zero-order valence-electron chi connectivity index (χ0n) is 18.6. The van der Waals surface area contributed by atoms with E-state index in [2.05, 4.69) is 52.0 Å². The molecular formula is C24H24Cl2N6S. The van der Waals surface area contributed by atoms with Crippen LogP contribution in [0.3, 0.4) is 0 Å². The van der Waals surface area contributed by atoms with Crippen LogP contribution in [-0.4, -0.2) is 24.7 Å². The van der Waals surface area contributed by atoms with Crippen molar-refractivity contribution in [2.24, 2.45) is 0 Å². The summed E-state index contributed by atoms with van der Waals surface area (Å²) in [5, 5.41) is 17.3. The van der Waals surface area contributed by atoms with Crippen LogP contribution < -0.4 is 10.6 Å². The molecule has 2 N–H and O–H groups in total. The number of halogens is 2. The number of thiocarbonyl (C=S) groups is 1. The number of hydrogen-bond donors (Lipinski definition) is 2. The van der Waals surface area contributed by atoms with Crippen LogP contribution in [0.25, 0.3) is 0 Å². The maximum absolute atomic E-state index is 6.27. The molecule has 0 aliphatic heterocycles. The van der Waals surface area contributed by atoms with Crippen molar-refractivity contribution in [2.75, 3.05) is 10.6 Å². The Morgan fingerprint density at radius 3 is 2.30 bits per heavy atom. The van der Waals surface area contributed by atoms with E-state index in [4.69, 9.17) is 35.4 Å². The van der Waals surface area contributed by atoms with Crippen LogP contribution in [0.2, 0.25) is 10.0 Å². The predicted molar refractivity (Wildman–Crippen MR) is 140 cm³/mol. The highest BCUT2D eigenvalue weighted by atomic mass is 35.5. The highest BCUT2D eigenvalue weighted by Gasteiger charge is 2.14. The van der Waals surface area contributed by atoms with Gasteiger partial charge in [0.15, 0.2) is 10.9 Å². The van der Waals surface area contributed by atoms with Gasteiger partial charge in [0.2, 0.25) is 0 Å². The number of nitrogens with one attached hydrogen (secondary N) is 2. The fraction of sp³-hybridized carbons (Fsp3) is 0.208. The normalized spacial score (nSPS) is 10.9. The molecule has 9 heteroatoms. The molecule has 0 bridgehead atoms. The Balaban J connectivity index is 1.41. The summed E-state index contributed by atoms with van der Waals surface area (Å²) < 4.78 is 3.74. The fourth-order valence-electron chi connectivity index (χ4n) is 3.52. The lowest BCUT2D eigenvalue weighted by atomic mass is 10.1. The summed E-state index contributed by atoms with van der Waals surface area (Å²) in [5.41, 5.74) is 6.04. The summed E-state index contributed by atoms with van der Waals surface area (Å²) in [7, 11) is 0.